The van der Waals surface area contributed by atoms with E-state index in [-0.39, 0.29) is 17.7 Å². The smallest absolute Gasteiger partial charge is 0.307 e. The first-order chi connectivity index (χ1) is 10.6. The van der Waals surface area contributed by atoms with Crippen molar-refractivity contribution in [2.75, 3.05) is 5.32 Å². The number of amides is 1. The normalized spacial score (nSPS) is 37.5. The van der Waals surface area contributed by atoms with Crippen LogP contribution in [0.15, 0.2) is 36.4 Å². The van der Waals surface area contributed by atoms with Crippen molar-refractivity contribution in [2.24, 2.45) is 35.5 Å². The van der Waals surface area contributed by atoms with Gasteiger partial charge in [0.15, 0.2) is 0 Å². The minimum absolute atomic E-state index is 0.00242. The van der Waals surface area contributed by atoms with Crippen molar-refractivity contribution in [2.45, 2.75) is 6.42 Å². The van der Waals surface area contributed by atoms with Crippen LogP contribution in [0.2, 0.25) is 5.02 Å². The number of aliphatic carboxylic acids is 1. The van der Waals surface area contributed by atoms with Crippen molar-refractivity contribution in [3.8, 4) is 0 Å². The summed E-state index contributed by atoms with van der Waals surface area (Å²) in [5.74, 6) is -1.17. The number of allylic oxidation sites excluding steroid dienone is 2. The molecule has 6 atom stereocenters. The van der Waals surface area contributed by atoms with Crippen LogP contribution in [0.3, 0.4) is 0 Å². The standard InChI is InChI=1S/C17H16ClNO3/c18-8-2-1-3-9(6-8)19-16(20)14-10-4-5-11(13-7-12(10)13)15(14)17(21)22/h1-6,10-15H,7H2,(H,19,20)(H,21,22)/t10-,11-,12-,13+,14-,15-/m0/s1. The molecule has 5 heteroatoms. The van der Waals surface area contributed by atoms with Gasteiger partial charge in [-0.3, -0.25) is 9.59 Å². The van der Waals surface area contributed by atoms with E-state index in [1.165, 1.54) is 0 Å². The highest BCUT2D eigenvalue weighted by atomic mass is 35.5. The molecular weight excluding hydrogens is 302 g/mol. The molecule has 1 aromatic rings. The van der Waals surface area contributed by atoms with Crippen LogP contribution in [-0.2, 0) is 9.59 Å². The molecule has 2 bridgehead atoms. The van der Waals surface area contributed by atoms with Gasteiger partial charge in [-0.1, -0.05) is 29.8 Å². The number of carbonyl (C=O) groups is 2. The summed E-state index contributed by atoms with van der Waals surface area (Å²) in [4.78, 5) is 24.4. The SMILES string of the molecule is O=C(O)[C@H]1[C@H]2C=C[C@@H]([C@@H]3C[C@H]23)[C@@H]1C(=O)Nc1cccc(Cl)c1. The van der Waals surface area contributed by atoms with Gasteiger partial charge in [0.05, 0.1) is 11.8 Å². The van der Waals surface area contributed by atoms with Gasteiger partial charge in [0.25, 0.3) is 0 Å². The summed E-state index contributed by atoms with van der Waals surface area (Å²) in [6.07, 6.45) is 5.12. The highest BCUT2D eigenvalue weighted by Crippen LogP contribution is 2.63. The number of rotatable bonds is 3. The van der Waals surface area contributed by atoms with Crippen molar-refractivity contribution >= 4 is 29.2 Å². The molecule has 22 heavy (non-hydrogen) atoms. The van der Waals surface area contributed by atoms with E-state index >= 15 is 0 Å². The maximum absolute atomic E-state index is 12.7. The third-order valence-corrected chi connectivity index (χ3v) is 5.57. The van der Waals surface area contributed by atoms with Crippen LogP contribution >= 0.6 is 11.6 Å². The first-order valence-electron chi connectivity index (χ1n) is 7.54. The Hall–Kier alpha value is -1.81. The quantitative estimate of drug-likeness (QED) is 0.842. The molecular formula is C17H16ClNO3. The second kappa shape index (κ2) is 4.85. The number of fused-ring (bicyclic) bond motifs is 1. The molecule has 1 aromatic carbocycles. The molecule has 1 amide bonds. The summed E-state index contributed by atoms with van der Waals surface area (Å²) in [5.41, 5.74) is 0.611. The zero-order valence-electron chi connectivity index (χ0n) is 11.8. The lowest BCUT2D eigenvalue weighted by molar-refractivity contribution is -0.152. The predicted octanol–water partition coefficient (Wildman–Crippen LogP) is 3.05. The van der Waals surface area contributed by atoms with E-state index in [2.05, 4.69) is 11.4 Å². The van der Waals surface area contributed by atoms with E-state index in [0.29, 0.717) is 22.5 Å². The van der Waals surface area contributed by atoms with E-state index in [9.17, 15) is 14.7 Å². The van der Waals surface area contributed by atoms with E-state index < -0.39 is 17.8 Å². The molecule has 2 fully saturated rings. The van der Waals surface area contributed by atoms with Crippen molar-refractivity contribution in [3.63, 3.8) is 0 Å². The fraction of sp³-hybridized carbons (Fsp3) is 0.412. The topological polar surface area (TPSA) is 66.4 Å². The summed E-state index contributed by atoms with van der Waals surface area (Å²) in [6.45, 7) is 0. The van der Waals surface area contributed by atoms with Crippen molar-refractivity contribution in [1.29, 1.82) is 0 Å². The minimum Gasteiger partial charge on any atom is -0.481 e. The maximum atomic E-state index is 12.7. The van der Waals surface area contributed by atoms with Gasteiger partial charge in [0, 0.05) is 10.7 Å². The van der Waals surface area contributed by atoms with Crippen molar-refractivity contribution in [1.82, 2.24) is 0 Å². The molecule has 0 saturated heterocycles. The molecule has 2 N–H and O–H groups in total. The molecule has 0 unspecified atom stereocenters. The van der Waals surface area contributed by atoms with E-state index in [4.69, 9.17) is 11.6 Å². The van der Waals surface area contributed by atoms with Crippen LogP contribution in [0.5, 0.6) is 0 Å². The number of carbonyl (C=O) groups excluding carboxylic acids is 1. The van der Waals surface area contributed by atoms with Crippen LogP contribution in [-0.4, -0.2) is 17.0 Å². The lowest BCUT2D eigenvalue weighted by Crippen LogP contribution is -2.48. The summed E-state index contributed by atoms with van der Waals surface area (Å²) >= 11 is 5.93. The van der Waals surface area contributed by atoms with Crippen molar-refractivity contribution < 1.29 is 14.7 Å². The molecule has 0 spiro atoms. The molecule has 0 heterocycles. The van der Waals surface area contributed by atoms with Gasteiger partial charge in [-0.2, -0.15) is 0 Å². The first-order valence-corrected chi connectivity index (χ1v) is 7.91. The predicted molar refractivity (Wildman–Crippen MR) is 82.4 cm³/mol. The van der Waals surface area contributed by atoms with Gasteiger partial charge in [-0.15, -0.1) is 0 Å². The molecule has 0 aromatic heterocycles. The van der Waals surface area contributed by atoms with Gasteiger partial charge in [-0.05, 0) is 48.3 Å². The van der Waals surface area contributed by atoms with Crippen LogP contribution in [0.25, 0.3) is 0 Å². The number of benzene rings is 1. The largest absolute Gasteiger partial charge is 0.481 e. The van der Waals surface area contributed by atoms with E-state index in [1.54, 1.807) is 24.3 Å². The monoisotopic (exact) mass is 317 g/mol. The van der Waals surface area contributed by atoms with Crippen molar-refractivity contribution in [3.05, 3.63) is 41.4 Å². The highest BCUT2D eigenvalue weighted by Gasteiger charge is 2.62. The molecule has 114 valence electrons. The molecule has 5 rings (SSSR count). The molecule has 2 saturated carbocycles. The Morgan fingerprint density at radius 2 is 1.82 bits per heavy atom. The van der Waals surface area contributed by atoms with Gasteiger partial charge < -0.3 is 10.4 Å². The fourth-order valence-corrected chi connectivity index (χ4v) is 4.55. The second-order valence-corrected chi connectivity index (χ2v) is 6.93. The average molecular weight is 318 g/mol. The number of carboxylic acid groups (broad SMARTS) is 1. The lowest BCUT2D eigenvalue weighted by Gasteiger charge is -2.41. The molecule has 4 nitrogen and oxygen atoms in total. The van der Waals surface area contributed by atoms with Gasteiger partial charge in [0.1, 0.15) is 0 Å². The number of nitrogens with one attached hydrogen (secondary N) is 1. The summed E-state index contributed by atoms with van der Waals surface area (Å²) in [7, 11) is 0. The first kappa shape index (κ1) is 13.8. The Kier molecular flexibility index (Phi) is 3.05. The number of anilines is 1. The molecule has 4 aliphatic carbocycles. The van der Waals surface area contributed by atoms with Crippen LogP contribution in [0, 0.1) is 35.5 Å². The number of hydrogen-bond donors (Lipinski definition) is 2. The third-order valence-electron chi connectivity index (χ3n) is 5.33. The minimum atomic E-state index is -0.865. The summed E-state index contributed by atoms with van der Waals surface area (Å²) in [5, 5.41) is 13.0. The summed E-state index contributed by atoms with van der Waals surface area (Å²) < 4.78 is 0. The van der Waals surface area contributed by atoms with E-state index in [1.807, 2.05) is 6.08 Å². The highest BCUT2D eigenvalue weighted by molar-refractivity contribution is 6.30. The van der Waals surface area contributed by atoms with Crippen LogP contribution in [0.4, 0.5) is 5.69 Å². The Balaban J connectivity index is 1.61. The average Bonchev–Trinajstić information content (AvgIpc) is 3.28. The van der Waals surface area contributed by atoms with Gasteiger partial charge >= 0.3 is 5.97 Å². The number of carboxylic acids is 1. The molecule has 0 radical (unpaired) electrons. The zero-order valence-corrected chi connectivity index (χ0v) is 12.5. The fourth-order valence-electron chi connectivity index (χ4n) is 4.36. The lowest BCUT2D eigenvalue weighted by atomic mass is 9.62. The maximum Gasteiger partial charge on any atom is 0.307 e. The molecule has 0 aliphatic heterocycles. The third kappa shape index (κ3) is 2.05. The Morgan fingerprint density at radius 3 is 2.45 bits per heavy atom. The Bertz CT molecular complexity index is 686. The summed E-state index contributed by atoms with van der Waals surface area (Å²) in [6, 6.07) is 6.93. The number of hydrogen-bond acceptors (Lipinski definition) is 2. The van der Waals surface area contributed by atoms with Gasteiger partial charge in [0.2, 0.25) is 5.91 Å². The zero-order chi connectivity index (χ0) is 15.4. The second-order valence-electron chi connectivity index (χ2n) is 6.49. The van der Waals surface area contributed by atoms with Crippen LogP contribution < -0.4 is 5.32 Å². The molecule has 4 aliphatic rings. The number of halogens is 1. The Labute approximate surface area is 133 Å². The Morgan fingerprint density at radius 1 is 1.14 bits per heavy atom. The van der Waals surface area contributed by atoms with Gasteiger partial charge in [-0.25, -0.2) is 0 Å². The van der Waals surface area contributed by atoms with E-state index in [0.717, 1.165) is 6.42 Å². The van der Waals surface area contributed by atoms with Crippen LogP contribution in [0.1, 0.15) is 6.42 Å².